The van der Waals surface area contributed by atoms with Crippen LogP contribution in [-0.2, 0) is 0 Å². The van der Waals surface area contributed by atoms with Crippen LogP contribution in [-0.4, -0.2) is 28.4 Å². The van der Waals surface area contributed by atoms with E-state index in [4.69, 9.17) is 14.4 Å². The third-order valence-corrected chi connectivity index (χ3v) is 3.13. The van der Waals surface area contributed by atoms with Gasteiger partial charge in [-0.1, -0.05) is 5.16 Å². The average Bonchev–Trinajstić information content (AvgIpc) is 2.83. The summed E-state index contributed by atoms with van der Waals surface area (Å²) in [5.41, 5.74) is -0.505. The first-order valence-electron chi connectivity index (χ1n) is 4.91. The molecule has 1 aromatic heterocycles. The van der Waals surface area contributed by atoms with Crippen LogP contribution in [0.4, 0.5) is 4.39 Å². The van der Waals surface area contributed by atoms with Gasteiger partial charge in [0.15, 0.2) is 23.0 Å². The van der Waals surface area contributed by atoms with E-state index in [1.807, 2.05) is 0 Å². The summed E-state index contributed by atoms with van der Waals surface area (Å²) in [7, 11) is 1.28. The van der Waals surface area contributed by atoms with Gasteiger partial charge < -0.3 is 19.5 Å². The van der Waals surface area contributed by atoms with Crippen LogP contribution in [0.15, 0.2) is 21.1 Å². The number of aromatic hydroxyl groups is 1. The number of hydrogen-bond acceptors (Lipinski definition) is 5. The third-order valence-electron chi connectivity index (χ3n) is 2.35. The standard InChI is InChI=1S/C11H7BrFNO5/c1-18-7-2-4(13)8(9(12)10(7)15)6-3-5(11(16)17)14-19-6/h2-3,15H,1H3,(H,16,17). The van der Waals surface area contributed by atoms with Crippen molar-refractivity contribution in [3.63, 3.8) is 0 Å². The number of carboxylic acid groups (broad SMARTS) is 1. The van der Waals surface area contributed by atoms with Gasteiger partial charge in [0.05, 0.1) is 17.1 Å². The fourth-order valence-electron chi connectivity index (χ4n) is 1.46. The Balaban J connectivity index is 2.61. The Hall–Kier alpha value is -2.09. The molecule has 0 aliphatic carbocycles. The molecule has 0 bridgehead atoms. The summed E-state index contributed by atoms with van der Waals surface area (Å²) in [6.45, 7) is 0. The molecule has 0 fully saturated rings. The van der Waals surface area contributed by atoms with Gasteiger partial charge >= 0.3 is 5.97 Å². The Morgan fingerprint density at radius 1 is 1.53 bits per heavy atom. The first kappa shape index (κ1) is 13.3. The Kier molecular flexibility index (Phi) is 3.43. The Labute approximate surface area is 114 Å². The number of nitrogens with zero attached hydrogens (tertiary/aromatic N) is 1. The zero-order chi connectivity index (χ0) is 14.2. The molecule has 0 unspecified atom stereocenters. The molecule has 0 aliphatic rings. The molecule has 1 heterocycles. The second-order valence-corrected chi connectivity index (χ2v) is 4.27. The molecular weight excluding hydrogens is 325 g/mol. The van der Waals surface area contributed by atoms with E-state index in [2.05, 4.69) is 21.1 Å². The number of rotatable bonds is 3. The number of methoxy groups -OCH3 is 1. The number of benzene rings is 1. The van der Waals surface area contributed by atoms with Crippen LogP contribution in [0.5, 0.6) is 11.5 Å². The smallest absolute Gasteiger partial charge is 0.358 e. The van der Waals surface area contributed by atoms with E-state index in [9.17, 15) is 14.3 Å². The fraction of sp³-hybridized carbons (Fsp3) is 0.0909. The number of aromatic carboxylic acids is 1. The van der Waals surface area contributed by atoms with Crippen molar-refractivity contribution in [2.45, 2.75) is 0 Å². The number of carboxylic acids is 1. The quantitative estimate of drug-likeness (QED) is 0.898. The highest BCUT2D eigenvalue weighted by atomic mass is 79.9. The lowest BCUT2D eigenvalue weighted by Gasteiger charge is -2.09. The van der Waals surface area contributed by atoms with E-state index in [1.165, 1.54) is 7.11 Å². The molecule has 0 saturated carbocycles. The highest BCUT2D eigenvalue weighted by Gasteiger charge is 2.22. The van der Waals surface area contributed by atoms with Gasteiger partial charge in [-0.3, -0.25) is 0 Å². The molecule has 0 saturated heterocycles. The number of carbonyl (C=O) groups is 1. The second-order valence-electron chi connectivity index (χ2n) is 3.48. The van der Waals surface area contributed by atoms with E-state index in [-0.39, 0.29) is 33.0 Å². The average molecular weight is 332 g/mol. The number of phenolic OH excluding ortho intramolecular Hbond substituents is 1. The normalized spacial score (nSPS) is 10.5. The van der Waals surface area contributed by atoms with Crippen LogP contribution >= 0.6 is 15.9 Å². The monoisotopic (exact) mass is 331 g/mol. The molecule has 0 radical (unpaired) electrons. The minimum absolute atomic E-state index is 0.0163. The number of halogens is 2. The predicted octanol–water partition coefficient (Wildman–Crippen LogP) is 2.66. The van der Waals surface area contributed by atoms with Gasteiger partial charge in [-0.25, -0.2) is 9.18 Å². The van der Waals surface area contributed by atoms with Gasteiger partial charge in [0.1, 0.15) is 5.82 Å². The number of phenols is 1. The maximum atomic E-state index is 13.9. The maximum absolute atomic E-state index is 13.9. The SMILES string of the molecule is COc1cc(F)c(-c2cc(C(=O)O)no2)c(Br)c1O. The van der Waals surface area contributed by atoms with Crippen molar-refractivity contribution < 1.29 is 28.7 Å². The summed E-state index contributed by atoms with van der Waals surface area (Å²) in [6, 6.07) is 2.01. The van der Waals surface area contributed by atoms with Crippen LogP contribution in [0.3, 0.4) is 0 Å². The van der Waals surface area contributed by atoms with E-state index < -0.39 is 11.8 Å². The van der Waals surface area contributed by atoms with Crippen molar-refractivity contribution in [3.05, 3.63) is 28.1 Å². The Morgan fingerprint density at radius 2 is 2.21 bits per heavy atom. The van der Waals surface area contributed by atoms with E-state index in [0.717, 1.165) is 12.1 Å². The molecule has 8 heteroatoms. The van der Waals surface area contributed by atoms with Crippen LogP contribution < -0.4 is 4.74 Å². The molecular formula is C11H7BrFNO5. The first-order chi connectivity index (χ1) is 8.95. The van der Waals surface area contributed by atoms with E-state index in [1.54, 1.807) is 0 Å². The fourth-order valence-corrected chi connectivity index (χ4v) is 2.04. The predicted molar refractivity (Wildman–Crippen MR) is 64.8 cm³/mol. The largest absolute Gasteiger partial charge is 0.503 e. The summed E-state index contributed by atoms with van der Waals surface area (Å²) in [5.74, 6) is -2.57. The van der Waals surface area contributed by atoms with Crippen molar-refractivity contribution in [2.24, 2.45) is 0 Å². The van der Waals surface area contributed by atoms with E-state index >= 15 is 0 Å². The summed E-state index contributed by atoms with van der Waals surface area (Å²) in [6.07, 6.45) is 0. The van der Waals surface area contributed by atoms with Crippen LogP contribution in [0, 0.1) is 5.82 Å². The Morgan fingerprint density at radius 3 is 2.74 bits per heavy atom. The molecule has 0 spiro atoms. The van der Waals surface area contributed by atoms with Crippen LogP contribution in [0.2, 0.25) is 0 Å². The van der Waals surface area contributed by atoms with Crippen LogP contribution in [0.25, 0.3) is 11.3 Å². The summed E-state index contributed by atoms with van der Waals surface area (Å²) < 4.78 is 23.4. The minimum atomic E-state index is -1.30. The molecule has 100 valence electrons. The molecule has 0 amide bonds. The molecule has 1 aromatic carbocycles. The lowest BCUT2D eigenvalue weighted by Crippen LogP contribution is -1.94. The van der Waals surface area contributed by atoms with Crippen molar-refractivity contribution in [1.82, 2.24) is 5.16 Å². The van der Waals surface area contributed by atoms with Gasteiger partial charge in [0.25, 0.3) is 0 Å². The maximum Gasteiger partial charge on any atom is 0.358 e. The number of aromatic nitrogens is 1. The number of hydrogen-bond donors (Lipinski definition) is 2. The summed E-state index contributed by atoms with van der Waals surface area (Å²) in [5, 5.41) is 21.8. The zero-order valence-corrected chi connectivity index (χ0v) is 11.1. The molecule has 19 heavy (non-hydrogen) atoms. The van der Waals surface area contributed by atoms with Crippen molar-refractivity contribution >= 4 is 21.9 Å². The highest BCUT2D eigenvalue weighted by molar-refractivity contribution is 9.10. The Bertz CT molecular complexity index is 655. The number of ether oxygens (including phenoxy) is 1. The summed E-state index contributed by atoms with van der Waals surface area (Å²) in [4.78, 5) is 10.7. The lowest BCUT2D eigenvalue weighted by atomic mass is 10.1. The second kappa shape index (κ2) is 4.88. The van der Waals surface area contributed by atoms with Gasteiger partial charge in [0, 0.05) is 12.1 Å². The molecule has 2 aromatic rings. The topological polar surface area (TPSA) is 92.8 Å². The van der Waals surface area contributed by atoms with Crippen molar-refractivity contribution in [2.75, 3.05) is 7.11 Å². The molecule has 2 rings (SSSR count). The zero-order valence-electron chi connectivity index (χ0n) is 9.48. The highest BCUT2D eigenvalue weighted by Crippen LogP contribution is 2.43. The molecule has 6 nitrogen and oxygen atoms in total. The molecule has 0 aliphatic heterocycles. The van der Waals surface area contributed by atoms with Gasteiger partial charge in [-0.2, -0.15) is 0 Å². The van der Waals surface area contributed by atoms with Crippen molar-refractivity contribution in [3.8, 4) is 22.8 Å². The van der Waals surface area contributed by atoms with Gasteiger partial charge in [-0.05, 0) is 15.9 Å². The molecule has 0 atom stereocenters. The third kappa shape index (κ3) is 2.26. The molecule has 2 N–H and O–H groups in total. The van der Waals surface area contributed by atoms with Crippen LogP contribution in [0.1, 0.15) is 10.5 Å². The van der Waals surface area contributed by atoms with E-state index in [0.29, 0.717) is 0 Å². The van der Waals surface area contributed by atoms with Gasteiger partial charge in [0.2, 0.25) is 0 Å². The minimum Gasteiger partial charge on any atom is -0.503 e. The lowest BCUT2D eigenvalue weighted by molar-refractivity contribution is 0.0686. The van der Waals surface area contributed by atoms with Gasteiger partial charge in [-0.15, -0.1) is 0 Å². The summed E-state index contributed by atoms with van der Waals surface area (Å²) >= 11 is 3.00. The van der Waals surface area contributed by atoms with Crippen molar-refractivity contribution in [1.29, 1.82) is 0 Å². The first-order valence-corrected chi connectivity index (χ1v) is 5.70.